The Bertz CT molecular complexity index is 1040. The summed E-state index contributed by atoms with van der Waals surface area (Å²) < 4.78 is 12.3. The van der Waals surface area contributed by atoms with E-state index in [1.165, 1.54) is 16.7 Å². The summed E-state index contributed by atoms with van der Waals surface area (Å²) >= 11 is 3.46. The number of nitrogens with zero attached hydrogens (tertiary/aromatic N) is 2. The summed E-state index contributed by atoms with van der Waals surface area (Å²) in [4.78, 5) is 30.9. The molecule has 0 aromatic heterocycles. The summed E-state index contributed by atoms with van der Waals surface area (Å²) in [6.45, 7) is 2.16. The molecule has 0 atom stereocenters. The molecular formula is C22H22IN3O4S. The minimum Gasteiger partial charge on any atom is -0.490 e. The Balaban J connectivity index is 1.78. The van der Waals surface area contributed by atoms with Gasteiger partial charge in [-0.2, -0.15) is 0 Å². The predicted molar refractivity (Wildman–Crippen MR) is 133 cm³/mol. The summed E-state index contributed by atoms with van der Waals surface area (Å²) in [6.07, 6.45) is 1.80. The van der Waals surface area contributed by atoms with Gasteiger partial charge in [-0.25, -0.2) is 0 Å². The van der Waals surface area contributed by atoms with Crippen molar-refractivity contribution in [3.8, 4) is 11.5 Å². The molecule has 0 unspecified atom stereocenters. The third-order valence-corrected chi connectivity index (χ3v) is 6.18. The van der Waals surface area contributed by atoms with Crippen LogP contribution >= 0.6 is 34.4 Å². The summed E-state index contributed by atoms with van der Waals surface area (Å²) in [5, 5.41) is 3.44. The Morgan fingerprint density at radius 3 is 2.65 bits per heavy atom. The van der Waals surface area contributed by atoms with Gasteiger partial charge in [0.15, 0.2) is 23.3 Å². The number of amidine groups is 1. The number of amides is 2. The van der Waals surface area contributed by atoms with Gasteiger partial charge in [-0.1, -0.05) is 18.2 Å². The predicted octanol–water partition coefficient (Wildman–Crippen LogP) is 4.24. The molecule has 0 aliphatic carbocycles. The lowest BCUT2D eigenvalue weighted by Crippen LogP contribution is -2.23. The van der Waals surface area contributed by atoms with Crippen LogP contribution in [-0.4, -0.2) is 49.2 Å². The van der Waals surface area contributed by atoms with Crippen molar-refractivity contribution in [2.45, 2.75) is 6.92 Å². The van der Waals surface area contributed by atoms with Gasteiger partial charge >= 0.3 is 0 Å². The molecule has 0 bridgehead atoms. The fraction of sp³-hybridized carbons (Fsp3) is 0.227. The molecule has 3 rings (SSSR count). The quantitative estimate of drug-likeness (QED) is 0.412. The molecule has 2 aromatic carbocycles. The Morgan fingerprint density at radius 2 is 2.00 bits per heavy atom. The number of aliphatic imine (C=N–C) groups is 1. The summed E-state index contributed by atoms with van der Waals surface area (Å²) in [5.41, 5.74) is 1.51. The van der Waals surface area contributed by atoms with Crippen LogP contribution in [0.4, 0.5) is 5.69 Å². The van der Waals surface area contributed by atoms with Crippen LogP contribution in [0.15, 0.2) is 52.4 Å². The van der Waals surface area contributed by atoms with Gasteiger partial charge in [-0.3, -0.25) is 19.5 Å². The van der Waals surface area contributed by atoms with Crippen molar-refractivity contribution in [2.24, 2.45) is 4.99 Å². The van der Waals surface area contributed by atoms with Crippen LogP contribution in [0.5, 0.6) is 11.5 Å². The molecule has 2 amide bonds. The number of halogens is 1. The van der Waals surface area contributed by atoms with Crippen LogP contribution in [0, 0.1) is 3.57 Å². The molecule has 1 N–H and O–H groups in total. The van der Waals surface area contributed by atoms with Gasteiger partial charge in [0.1, 0.15) is 0 Å². The first kappa shape index (κ1) is 23.1. The van der Waals surface area contributed by atoms with Crippen molar-refractivity contribution in [3.63, 3.8) is 0 Å². The highest BCUT2D eigenvalue weighted by atomic mass is 127. The summed E-state index contributed by atoms with van der Waals surface area (Å²) in [5.74, 6) is 0.641. The number of carbonyl (C=O) groups is 2. The largest absolute Gasteiger partial charge is 0.490 e. The van der Waals surface area contributed by atoms with E-state index in [2.05, 4.69) is 32.9 Å². The number of ether oxygens (including phenoxy) is 2. The highest BCUT2D eigenvalue weighted by Gasteiger charge is 2.29. The number of rotatable bonds is 7. The Kier molecular flexibility index (Phi) is 7.97. The number of hydrogen-bond acceptors (Lipinski definition) is 6. The lowest BCUT2D eigenvalue weighted by atomic mass is 10.2. The number of likely N-dealkylation sites (N-methyl/N-ethyl adjacent to an activating group) is 1. The van der Waals surface area contributed by atoms with E-state index in [1.54, 1.807) is 26.2 Å². The molecule has 31 heavy (non-hydrogen) atoms. The number of carbonyl (C=O) groups excluding carboxylic acids is 2. The van der Waals surface area contributed by atoms with Gasteiger partial charge in [0.05, 0.1) is 15.1 Å². The average Bonchev–Trinajstić information content (AvgIpc) is 3.02. The van der Waals surface area contributed by atoms with Crippen LogP contribution in [0.1, 0.15) is 12.5 Å². The number of nitrogens with one attached hydrogen (secondary N) is 1. The normalized spacial score (nSPS) is 16.1. The minimum absolute atomic E-state index is 0.100. The van der Waals surface area contributed by atoms with Crippen LogP contribution < -0.4 is 14.8 Å². The van der Waals surface area contributed by atoms with E-state index in [0.717, 1.165) is 9.13 Å². The zero-order valence-corrected chi connectivity index (χ0v) is 20.3. The zero-order chi connectivity index (χ0) is 22.4. The average molecular weight is 551 g/mol. The molecule has 9 heteroatoms. The fourth-order valence-corrected chi connectivity index (χ4v) is 4.54. The van der Waals surface area contributed by atoms with Crippen LogP contribution in [0.3, 0.4) is 0 Å². The van der Waals surface area contributed by atoms with E-state index in [1.807, 2.05) is 43.3 Å². The van der Waals surface area contributed by atoms with Gasteiger partial charge in [-0.05, 0) is 77.2 Å². The van der Waals surface area contributed by atoms with Crippen molar-refractivity contribution in [1.29, 1.82) is 0 Å². The second-order valence-corrected chi connectivity index (χ2v) is 8.62. The number of benzene rings is 2. The monoisotopic (exact) mass is 551 g/mol. The fourth-order valence-electron chi connectivity index (χ4n) is 2.83. The lowest BCUT2D eigenvalue weighted by molar-refractivity contribution is -0.121. The zero-order valence-electron chi connectivity index (χ0n) is 17.3. The molecule has 1 heterocycles. The third kappa shape index (κ3) is 5.79. The van der Waals surface area contributed by atoms with E-state index in [-0.39, 0.29) is 18.4 Å². The van der Waals surface area contributed by atoms with Gasteiger partial charge in [-0.15, -0.1) is 0 Å². The number of thioether (sulfide) groups is 1. The smallest absolute Gasteiger partial charge is 0.266 e. The van der Waals surface area contributed by atoms with Crippen molar-refractivity contribution in [1.82, 2.24) is 4.90 Å². The number of para-hydroxylation sites is 1. The highest BCUT2D eigenvalue weighted by Crippen LogP contribution is 2.37. The molecule has 1 aliphatic rings. The maximum Gasteiger partial charge on any atom is 0.266 e. The molecule has 0 saturated carbocycles. The molecule has 0 radical (unpaired) electrons. The van der Waals surface area contributed by atoms with E-state index in [4.69, 9.17) is 9.47 Å². The van der Waals surface area contributed by atoms with Crippen molar-refractivity contribution in [2.75, 3.05) is 32.6 Å². The molecule has 2 aromatic rings. The van der Waals surface area contributed by atoms with E-state index in [9.17, 15) is 9.59 Å². The Labute approximate surface area is 199 Å². The standard InChI is InChI=1S/C22H22IN3O4S/c1-4-29-17-11-14(12-18-21(28)26(3)22(24-2)31-18)10-16(23)20(17)30-13-19(27)25-15-8-6-5-7-9-15/h5-12H,4,13H2,1-3H3,(H,25,27)/b18-12+,24-22?. The highest BCUT2D eigenvalue weighted by molar-refractivity contribution is 14.1. The molecular weight excluding hydrogens is 529 g/mol. The first-order valence-electron chi connectivity index (χ1n) is 9.51. The minimum atomic E-state index is -0.266. The van der Waals surface area contributed by atoms with Crippen LogP contribution in [-0.2, 0) is 9.59 Å². The molecule has 1 saturated heterocycles. The number of anilines is 1. The van der Waals surface area contributed by atoms with Gasteiger partial charge in [0.25, 0.3) is 11.8 Å². The van der Waals surface area contributed by atoms with Gasteiger partial charge in [0.2, 0.25) is 0 Å². The van der Waals surface area contributed by atoms with E-state index < -0.39 is 0 Å². The van der Waals surface area contributed by atoms with Crippen molar-refractivity contribution in [3.05, 3.63) is 56.5 Å². The maximum atomic E-state index is 12.4. The SMILES string of the molecule is CCOc1cc(/C=C2/SC(=NC)N(C)C2=O)cc(I)c1OCC(=O)Nc1ccccc1. The van der Waals surface area contributed by atoms with Crippen LogP contribution in [0.25, 0.3) is 6.08 Å². The third-order valence-electron chi connectivity index (χ3n) is 4.23. The summed E-state index contributed by atoms with van der Waals surface area (Å²) in [7, 11) is 3.36. The molecule has 1 fully saturated rings. The summed E-state index contributed by atoms with van der Waals surface area (Å²) in [6, 6.07) is 12.9. The van der Waals surface area contributed by atoms with Crippen molar-refractivity contribution >= 4 is 63.1 Å². The lowest BCUT2D eigenvalue weighted by Gasteiger charge is -2.15. The van der Waals surface area contributed by atoms with E-state index >= 15 is 0 Å². The second-order valence-electron chi connectivity index (χ2n) is 6.45. The second kappa shape index (κ2) is 10.7. The van der Waals surface area contributed by atoms with E-state index in [0.29, 0.717) is 33.9 Å². The van der Waals surface area contributed by atoms with Gasteiger partial charge < -0.3 is 14.8 Å². The molecule has 1 aliphatic heterocycles. The maximum absolute atomic E-state index is 12.4. The molecule has 7 nitrogen and oxygen atoms in total. The molecule has 0 spiro atoms. The topological polar surface area (TPSA) is 80.2 Å². The Hall–Kier alpha value is -2.53. The number of hydrogen-bond donors (Lipinski definition) is 1. The Morgan fingerprint density at radius 1 is 1.26 bits per heavy atom. The van der Waals surface area contributed by atoms with Crippen LogP contribution in [0.2, 0.25) is 0 Å². The molecule has 162 valence electrons. The first-order chi connectivity index (χ1) is 14.9. The first-order valence-corrected chi connectivity index (χ1v) is 11.4. The van der Waals surface area contributed by atoms with Gasteiger partial charge in [0, 0.05) is 19.8 Å². The van der Waals surface area contributed by atoms with Crippen molar-refractivity contribution < 1.29 is 19.1 Å².